The van der Waals surface area contributed by atoms with Gasteiger partial charge in [-0.3, -0.25) is 0 Å². The van der Waals surface area contributed by atoms with Crippen LogP contribution in [0.1, 0.15) is 37.7 Å². The first-order valence-electron chi connectivity index (χ1n) is 7.77. The zero-order valence-corrected chi connectivity index (χ0v) is 13.0. The fourth-order valence-corrected chi connectivity index (χ4v) is 3.95. The predicted molar refractivity (Wildman–Crippen MR) is 83.3 cm³/mol. The number of hydrogen-bond donors (Lipinski definition) is 1. The highest BCUT2D eigenvalue weighted by molar-refractivity contribution is 6.31. The van der Waals surface area contributed by atoms with Crippen LogP contribution in [0.25, 0.3) is 0 Å². The molecule has 1 saturated carbocycles. The van der Waals surface area contributed by atoms with Crippen LogP contribution in [0, 0.1) is 5.92 Å². The zero-order chi connectivity index (χ0) is 14.0. The van der Waals surface area contributed by atoms with E-state index in [-0.39, 0.29) is 5.60 Å². The van der Waals surface area contributed by atoms with E-state index in [1.807, 2.05) is 12.1 Å². The summed E-state index contributed by atoms with van der Waals surface area (Å²) in [5.74, 6) is 0.699. The Morgan fingerprint density at radius 1 is 1.40 bits per heavy atom. The quantitative estimate of drug-likeness (QED) is 0.911. The Morgan fingerprint density at radius 2 is 2.20 bits per heavy atom. The molecule has 1 aromatic carbocycles. The summed E-state index contributed by atoms with van der Waals surface area (Å²) in [6.45, 7) is 0.922. The first kappa shape index (κ1) is 14.4. The van der Waals surface area contributed by atoms with Crippen LogP contribution in [0.2, 0.25) is 5.02 Å². The zero-order valence-electron chi connectivity index (χ0n) is 12.2. The van der Waals surface area contributed by atoms with E-state index in [1.54, 1.807) is 0 Å². The van der Waals surface area contributed by atoms with Gasteiger partial charge in [-0.2, -0.15) is 0 Å². The van der Waals surface area contributed by atoms with Crippen molar-refractivity contribution < 1.29 is 4.74 Å². The second-order valence-corrected chi connectivity index (χ2v) is 6.74. The van der Waals surface area contributed by atoms with Crippen LogP contribution in [0.3, 0.4) is 0 Å². The molecule has 0 aromatic heterocycles. The van der Waals surface area contributed by atoms with Crippen molar-refractivity contribution in [3.05, 3.63) is 34.9 Å². The lowest BCUT2D eigenvalue weighted by Gasteiger charge is -2.48. The maximum Gasteiger partial charge on any atom is 0.0685 e. The number of rotatable bonds is 4. The van der Waals surface area contributed by atoms with Crippen LogP contribution in [0.5, 0.6) is 0 Å². The smallest absolute Gasteiger partial charge is 0.0685 e. The van der Waals surface area contributed by atoms with Gasteiger partial charge in [0.05, 0.1) is 5.60 Å². The van der Waals surface area contributed by atoms with Crippen molar-refractivity contribution in [1.82, 2.24) is 5.32 Å². The molecule has 1 heterocycles. The van der Waals surface area contributed by atoms with Crippen molar-refractivity contribution in [2.75, 3.05) is 13.7 Å². The monoisotopic (exact) mass is 293 g/mol. The molecule has 0 bridgehead atoms. The molecule has 1 aliphatic heterocycles. The van der Waals surface area contributed by atoms with E-state index in [2.05, 4.69) is 24.5 Å². The maximum absolute atomic E-state index is 6.31. The van der Waals surface area contributed by atoms with E-state index in [9.17, 15) is 0 Å². The molecule has 0 radical (unpaired) electrons. The number of halogens is 1. The Bertz CT molecular complexity index is 458. The molecule has 110 valence electrons. The molecule has 3 heteroatoms. The fourth-order valence-electron chi connectivity index (χ4n) is 3.73. The highest BCUT2D eigenvalue weighted by atomic mass is 35.5. The second kappa shape index (κ2) is 6.05. The van der Waals surface area contributed by atoms with Gasteiger partial charge in [0.25, 0.3) is 0 Å². The Morgan fingerprint density at radius 3 is 2.85 bits per heavy atom. The first-order valence-corrected chi connectivity index (χ1v) is 8.15. The first-order chi connectivity index (χ1) is 9.72. The van der Waals surface area contributed by atoms with E-state index in [0.717, 1.165) is 24.5 Å². The summed E-state index contributed by atoms with van der Waals surface area (Å²) >= 11 is 6.31. The Labute approximate surface area is 126 Å². The van der Waals surface area contributed by atoms with Crippen molar-refractivity contribution in [3.63, 3.8) is 0 Å². The minimum Gasteiger partial charge on any atom is -0.375 e. The molecular weight excluding hydrogens is 270 g/mol. The van der Waals surface area contributed by atoms with E-state index < -0.39 is 0 Å². The molecule has 2 atom stereocenters. The van der Waals surface area contributed by atoms with Crippen LogP contribution in [0.4, 0.5) is 0 Å². The standard InChI is InChI=1S/C17H24ClNO/c1-19-16(11-13-5-2-3-6-15(13)18)14-7-10-20-17(12-14)8-4-9-17/h2-3,5-6,14,16,19H,4,7-12H2,1H3. The predicted octanol–water partition coefficient (Wildman–Crippen LogP) is 3.82. The normalized spacial score (nSPS) is 26.2. The van der Waals surface area contributed by atoms with Crippen molar-refractivity contribution >= 4 is 11.6 Å². The van der Waals surface area contributed by atoms with Crippen molar-refractivity contribution in [2.24, 2.45) is 5.92 Å². The van der Waals surface area contributed by atoms with E-state index in [1.165, 1.54) is 31.2 Å². The van der Waals surface area contributed by atoms with Crippen molar-refractivity contribution in [1.29, 1.82) is 0 Å². The van der Waals surface area contributed by atoms with Gasteiger partial charge in [0, 0.05) is 17.7 Å². The molecule has 1 spiro atoms. The second-order valence-electron chi connectivity index (χ2n) is 6.33. The van der Waals surface area contributed by atoms with Gasteiger partial charge in [0.1, 0.15) is 0 Å². The lowest BCUT2D eigenvalue weighted by atomic mass is 9.70. The molecule has 1 aliphatic carbocycles. The summed E-state index contributed by atoms with van der Waals surface area (Å²) < 4.78 is 6.05. The summed E-state index contributed by atoms with van der Waals surface area (Å²) in [6.07, 6.45) is 7.23. The van der Waals surface area contributed by atoms with Gasteiger partial charge in [-0.15, -0.1) is 0 Å². The maximum atomic E-state index is 6.31. The van der Waals surface area contributed by atoms with Crippen LogP contribution in [0.15, 0.2) is 24.3 Å². The lowest BCUT2D eigenvalue weighted by Crippen LogP contribution is -2.50. The molecule has 1 aromatic rings. The van der Waals surface area contributed by atoms with Crippen LogP contribution in [-0.4, -0.2) is 25.3 Å². The molecule has 1 saturated heterocycles. The van der Waals surface area contributed by atoms with Gasteiger partial charge in [0.2, 0.25) is 0 Å². The molecule has 1 N–H and O–H groups in total. The van der Waals surface area contributed by atoms with Crippen LogP contribution >= 0.6 is 11.6 Å². The fraction of sp³-hybridized carbons (Fsp3) is 0.647. The summed E-state index contributed by atoms with van der Waals surface area (Å²) in [6, 6.07) is 8.70. The van der Waals surface area contributed by atoms with Crippen molar-refractivity contribution in [3.8, 4) is 0 Å². The number of nitrogens with one attached hydrogen (secondary N) is 1. The molecule has 3 rings (SSSR count). The third kappa shape index (κ3) is 2.88. The third-order valence-corrected chi connectivity index (χ3v) is 5.50. The largest absolute Gasteiger partial charge is 0.375 e. The molecule has 2 nitrogen and oxygen atoms in total. The summed E-state index contributed by atoms with van der Waals surface area (Å²) in [4.78, 5) is 0. The van der Waals surface area contributed by atoms with Gasteiger partial charge in [-0.05, 0) is 63.1 Å². The Kier molecular flexibility index (Phi) is 4.34. The van der Waals surface area contributed by atoms with Crippen LogP contribution in [-0.2, 0) is 11.2 Å². The molecule has 0 amide bonds. The van der Waals surface area contributed by atoms with Crippen molar-refractivity contribution in [2.45, 2.75) is 50.2 Å². The number of likely N-dealkylation sites (N-methyl/N-ethyl adjacent to an activating group) is 1. The highest BCUT2D eigenvalue weighted by Crippen LogP contribution is 2.45. The number of ether oxygens (including phenoxy) is 1. The lowest BCUT2D eigenvalue weighted by molar-refractivity contribution is -0.146. The number of hydrogen-bond acceptors (Lipinski definition) is 2. The third-order valence-electron chi connectivity index (χ3n) is 5.13. The minimum absolute atomic E-state index is 0.221. The average Bonchev–Trinajstić information content (AvgIpc) is 2.45. The molecule has 2 aliphatic rings. The summed E-state index contributed by atoms with van der Waals surface area (Å²) in [5, 5.41) is 4.41. The van der Waals surface area contributed by atoms with Gasteiger partial charge in [-0.25, -0.2) is 0 Å². The topological polar surface area (TPSA) is 21.3 Å². The van der Waals surface area contributed by atoms with E-state index in [4.69, 9.17) is 16.3 Å². The van der Waals surface area contributed by atoms with Crippen LogP contribution < -0.4 is 5.32 Å². The summed E-state index contributed by atoms with van der Waals surface area (Å²) in [5.41, 5.74) is 1.47. The van der Waals surface area contributed by atoms with E-state index >= 15 is 0 Å². The summed E-state index contributed by atoms with van der Waals surface area (Å²) in [7, 11) is 2.07. The molecular formula is C17H24ClNO. The van der Waals surface area contributed by atoms with E-state index in [0.29, 0.717) is 12.0 Å². The van der Waals surface area contributed by atoms with Gasteiger partial charge >= 0.3 is 0 Å². The molecule has 2 fully saturated rings. The molecule has 2 unspecified atom stereocenters. The molecule has 20 heavy (non-hydrogen) atoms. The Hall–Kier alpha value is -0.570. The van der Waals surface area contributed by atoms with Gasteiger partial charge in [0.15, 0.2) is 0 Å². The Balaban J connectivity index is 1.68. The highest BCUT2D eigenvalue weighted by Gasteiger charge is 2.44. The average molecular weight is 294 g/mol. The van der Waals surface area contributed by atoms with Gasteiger partial charge < -0.3 is 10.1 Å². The minimum atomic E-state index is 0.221. The number of benzene rings is 1. The van der Waals surface area contributed by atoms with Gasteiger partial charge in [-0.1, -0.05) is 29.8 Å². The SMILES string of the molecule is CNC(Cc1ccccc1Cl)C1CCOC2(CCC2)C1.